The number of sulfonamides is 1. The van der Waals surface area contributed by atoms with E-state index in [0.717, 1.165) is 5.56 Å². The number of nitrogens with two attached hydrogens (primary N) is 1. The maximum absolute atomic E-state index is 13.3. The first-order valence-corrected chi connectivity index (χ1v) is 11.2. The van der Waals surface area contributed by atoms with Gasteiger partial charge in [0.15, 0.2) is 5.43 Å². The number of amides is 1. The highest BCUT2D eigenvalue weighted by Gasteiger charge is 2.18. The van der Waals surface area contributed by atoms with Crippen molar-refractivity contribution in [2.24, 2.45) is 10.8 Å². The Labute approximate surface area is 178 Å². The molecule has 2 heterocycles. The van der Waals surface area contributed by atoms with Gasteiger partial charge >= 0.3 is 0 Å². The molecule has 3 N–H and O–H groups in total. The number of hydrogen-bond acceptors (Lipinski definition) is 7. The van der Waals surface area contributed by atoms with Crippen LogP contribution in [0.2, 0.25) is 0 Å². The van der Waals surface area contributed by atoms with Crippen LogP contribution in [-0.2, 0) is 20.6 Å². The molecule has 0 aliphatic carbocycles. The molecule has 31 heavy (non-hydrogen) atoms. The van der Waals surface area contributed by atoms with E-state index in [4.69, 9.17) is 5.73 Å². The molecule has 0 fully saturated rings. The number of hydrogen-bond donors (Lipinski definition) is 2. The van der Waals surface area contributed by atoms with Crippen molar-refractivity contribution in [3.8, 4) is 0 Å². The first-order valence-electron chi connectivity index (χ1n) is 9.58. The number of nitrogens with zero attached hydrogens (tertiary/aromatic N) is 3. The number of hydrazone groups is 1. The van der Waals surface area contributed by atoms with Crippen LogP contribution in [0.1, 0.15) is 17.0 Å². The molecule has 0 saturated carbocycles. The standard InChI is InChI=1S/C21H21N5O4S/c1-26-11-16(9-24-26)15-7-18-19(23-8-15)5-4-14-3-2-13(6-17(14)21(18)28)12-31(29,30)25-10-20(22)27/h2-9,16,25H,10-12H2,1H3,(H2,22,27). The first-order chi connectivity index (χ1) is 14.7. The van der Waals surface area contributed by atoms with Crippen LogP contribution < -0.4 is 15.9 Å². The Morgan fingerprint density at radius 2 is 2.00 bits per heavy atom. The van der Waals surface area contributed by atoms with Crippen molar-refractivity contribution in [2.45, 2.75) is 11.7 Å². The van der Waals surface area contributed by atoms with Crippen molar-refractivity contribution in [1.82, 2.24) is 14.7 Å². The minimum atomic E-state index is -3.78. The van der Waals surface area contributed by atoms with Gasteiger partial charge in [-0.2, -0.15) is 5.10 Å². The summed E-state index contributed by atoms with van der Waals surface area (Å²) in [4.78, 5) is 28.7. The Bertz CT molecular complexity index is 1390. The van der Waals surface area contributed by atoms with Gasteiger partial charge in [-0.25, -0.2) is 13.1 Å². The average molecular weight is 439 g/mol. The van der Waals surface area contributed by atoms with E-state index in [1.807, 2.05) is 24.3 Å². The molecule has 10 heteroatoms. The highest BCUT2D eigenvalue weighted by Crippen LogP contribution is 2.23. The molecule has 0 spiro atoms. The number of rotatable bonds is 6. The fourth-order valence-electron chi connectivity index (χ4n) is 3.57. The summed E-state index contributed by atoms with van der Waals surface area (Å²) in [5, 5.41) is 7.60. The average Bonchev–Trinajstić information content (AvgIpc) is 3.11. The fourth-order valence-corrected chi connectivity index (χ4v) is 4.66. The molecule has 1 unspecified atom stereocenters. The largest absolute Gasteiger partial charge is 0.369 e. The Morgan fingerprint density at radius 1 is 1.23 bits per heavy atom. The SMILES string of the molecule is CN1CC(c2cnc3ccc4ccc(CS(=O)(=O)NCC(N)=O)cc4c(=O)c3c2)C=N1. The Kier molecular flexibility index (Phi) is 5.42. The molecule has 2 aromatic carbocycles. The topological polar surface area (TPSA) is 135 Å². The molecule has 0 bridgehead atoms. The summed E-state index contributed by atoms with van der Waals surface area (Å²) in [6.45, 7) is 0.234. The Hall–Kier alpha value is -3.37. The number of carbonyl (C=O) groups excluding carboxylic acids is 1. The van der Waals surface area contributed by atoms with Crippen molar-refractivity contribution in [3.63, 3.8) is 0 Å². The third-order valence-corrected chi connectivity index (χ3v) is 6.42. The fraction of sp³-hybridized carbons (Fsp3) is 0.238. The van der Waals surface area contributed by atoms with Crippen molar-refractivity contribution in [1.29, 1.82) is 0 Å². The molecule has 1 aromatic heterocycles. The lowest BCUT2D eigenvalue weighted by Gasteiger charge is -2.10. The van der Waals surface area contributed by atoms with Gasteiger partial charge in [0, 0.05) is 42.7 Å². The molecular weight excluding hydrogens is 418 g/mol. The molecule has 4 rings (SSSR count). The first kappa shape index (κ1) is 20.9. The van der Waals surface area contributed by atoms with Gasteiger partial charge in [-0.15, -0.1) is 0 Å². The van der Waals surface area contributed by atoms with Crippen LogP contribution in [0.15, 0.2) is 52.5 Å². The summed E-state index contributed by atoms with van der Waals surface area (Å²) in [6, 6.07) is 10.3. The zero-order valence-electron chi connectivity index (χ0n) is 16.8. The van der Waals surface area contributed by atoms with E-state index >= 15 is 0 Å². The molecule has 1 amide bonds. The molecule has 1 atom stereocenters. The maximum Gasteiger partial charge on any atom is 0.232 e. The lowest BCUT2D eigenvalue weighted by molar-refractivity contribution is -0.116. The minimum Gasteiger partial charge on any atom is -0.369 e. The molecule has 3 aromatic rings. The smallest absolute Gasteiger partial charge is 0.232 e. The predicted molar refractivity (Wildman–Crippen MR) is 119 cm³/mol. The summed E-state index contributed by atoms with van der Waals surface area (Å²) < 4.78 is 26.5. The number of carbonyl (C=O) groups is 1. The highest BCUT2D eigenvalue weighted by atomic mass is 32.2. The summed E-state index contributed by atoms with van der Waals surface area (Å²) in [5.74, 6) is -1.10. The lowest BCUT2D eigenvalue weighted by atomic mass is 10.0. The van der Waals surface area contributed by atoms with Crippen LogP contribution in [0, 0.1) is 0 Å². The van der Waals surface area contributed by atoms with Gasteiger partial charge in [0.1, 0.15) is 0 Å². The van der Waals surface area contributed by atoms with Crippen LogP contribution in [0.3, 0.4) is 0 Å². The van der Waals surface area contributed by atoms with E-state index < -0.39 is 22.5 Å². The van der Waals surface area contributed by atoms with Crippen LogP contribution >= 0.6 is 0 Å². The lowest BCUT2D eigenvalue weighted by Crippen LogP contribution is -2.34. The number of aromatic nitrogens is 1. The van der Waals surface area contributed by atoms with Crippen molar-refractivity contribution < 1.29 is 13.2 Å². The zero-order valence-corrected chi connectivity index (χ0v) is 17.6. The summed E-state index contributed by atoms with van der Waals surface area (Å²) in [5.41, 5.74) is 6.65. The molecule has 0 saturated heterocycles. The third kappa shape index (κ3) is 4.54. The van der Waals surface area contributed by atoms with Crippen LogP contribution in [0.25, 0.3) is 21.7 Å². The molecule has 1 aliphatic rings. The predicted octanol–water partition coefficient (Wildman–Crippen LogP) is 0.668. The second-order valence-electron chi connectivity index (χ2n) is 7.54. The van der Waals surface area contributed by atoms with Gasteiger partial charge in [0.05, 0.1) is 17.8 Å². The van der Waals surface area contributed by atoms with Gasteiger partial charge in [0.25, 0.3) is 0 Å². The molecule has 9 nitrogen and oxygen atoms in total. The van der Waals surface area contributed by atoms with Crippen LogP contribution in [0.5, 0.6) is 0 Å². The number of nitrogens with one attached hydrogen (secondary N) is 1. The van der Waals surface area contributed by atoms with E-state index in [1.165, 1.54) is 0 Å². The van der Waals surface area contributed by atoms with Gasteiger partial charge in [0.2, 0.25) is 15.9 Å². The van der Waals surface area contributed by atoms with E-state index in [-0.39, 0.29) is 17.1 Å². The van der Waals surface area contributed by atoms with Crippen molar-refractivity contribution in [3.05, 3.63) is 63.9 Å². The molecule has 160 valence electrons. The third-order valence-electron chi connectivity index (χ3n) is 5.12. The Morgan fingerprint density at radius 3 is 2.71 bits per heavy atom. The number of benzene rings is 1. The molecule has 1 aliphatic heterocycles. The van der Waals surface area contributed by atoms with Gasteiger partial charge in [-0.1, -0.05) is 18.2 Å². The van der Waals surface area contributed by atoms with Crippen molar-refractivity contribution >= 4 is 43.8 Å². The van der Waals surface area contributed by atoms with Crippen molar-refractivity contribution in [2.75, 3.05) is 20.1 Å². The number of pyridine rings is 1. The normalized spacial score (nSPS) is 16.3. The number of primary amides is 1. The molecule has 0 radical (unpaired) electrons. The summed E-state index contributed by atoms with van der Waals surface area (Å²) in [6.07, 6.45) is 3.58. The zero-order chi connectivity index (χ0) is 22.2. The van der Waals surface area contributed by atoms with E-state index in [1.54, 1.807) is 36.5 Å². The monoisotopic (exact) mass is 439 g/mol. The van der Waals surface area contributed by atoms with Gasteiger partial charge in [-0.3, -0.25) is 19.6 Å². The number of fused-ring (bicyclic) bond motifs is 2. The van der Waals surface area contributed by atoms with E-state index in [9.17, 15) is 18.0 Å². The molecular formula is C21H21N5O4S. The van der Waals surface area contributed by atoms with Crippen LogP contribution in [-0.4, -0.2) is 50.7 Å². The Balaban J connectivity index is 1.78. The van der Waals surface area contributed by atoms with E-state index in [2.05, 4.69) is 14.8 Å². The van der Waals surface area contributed by atoms with Crippen LogP contribution in [0.4, 0.5) is 0 Å². The second kappa shape index (κ2) is 8.05. The van der Waals surface area contributed by atoms with E-state index in [0.29, 0.717) is 33.8 Å². The summed E-state index contributed by atoms with van der Waals surface area (Å²) in [7, 11) is -1.90. The second-order valence-corrected chi connectivity index (χ2v) is 9.35. The van der Waals surface area contributed by atoms with Gasteiger partial charge < -0.3 is 5.73 Å². The maximum atomic E-state index is 13.3. The quantitative estimate of drug-likeness (QED) is 0.580. The highest BCUT2D eigenvalue weighted by molar-refractivity contribution is 7.88. The minimum absolute atomic E-state index is 0.0510. The number of likely N-dealkylation sites (N-methyl/N-ethyl adjacent to an activating group) is 1. The summed E-state index contributed by atoms with van der Waals surface area (Å²) >= 11 is 0. The van der Waals surface area contributed by atoms with Gasteiger partial charge in [-0.05, 0) is 34.7 Å².